The fourth-order valence-electron chi connectivity index (χ4n) is 7.06. The molecule has 4 fully saturated rings. The summed E-state index contributed by atoms with van der Waals surface area (Å²) in [5, 5.41) is 10.5. The van der Waals surface area contributed by atoms with Crippen molar-refractivity contribution in [1.82, 2.24) is 4.90 Å². The average Bonchev–Trinajstić information content (AvgIpc) is 2.69. The van der Waals surface area contributed by atoms with E-state index >= 15 is 0 Å². The van der Waals surface area contributed by atoms with Crippen molar-refractivity contribution in [2.45, 2.75) is 56.4 Å². The molecule has 4 aliphatic rings. The summed E-state index contributed by atoms with van der Waals surface area (Å²) in [5.41, 5.74) is 2.82. The van der Waals surface area contributed by atoms with Gasteiger partial charge in [-0.05, 0) is 87.9 Å². The van der Waals surface area contributed by atoms with E-state index in [-0.39, 0.29) is 5.92 Å². The zero-order chi connectivity index (χ0) is 19.1. The second-order valence-electron chi connectivity index (χ2n) is 9.87. The maximum Gasteiger partial charge on any atom is 0.119 e. The van der Waals surface area contributed by atoms with Crippen LogP contribution in [0.5, 0.6) is 5.75 Å². The van der Waals surface area contributed by atoms with E-state index in [1.165, 1.54) is 44.1 Å². The first-order valence-electron chi connectivity index (χ1n) is 11.2. The second kappa shape index (κ2) is 7.22. The van der Waals surface area contributed by atoms with Crippen LogP contribution < -0.4 is 0 Å². The van der Waals surface area contributed by atoms with E-state index in [4.69, 9.17) is 0 Å². The molecule has 0 heterocycles. The topological polar surface area (TPSA) is 23.5 Å². The van der Waals surface area contributed by atoms with Gasteiger partial charge in [0.25, 0.3) is 0 Å². The van der Waals surface area contributed by atoms with Crippen molar-refractivity contribution in [2.24, 2.45) is 17.8 Å². The van der Waals surface area contributed by atoms with Gasteiger partial charge in [-0.2, -0.15) is 0 Å². The van der Waals surface area contributed by atoms with Gasteiger partial charge < -0.3 is 10.0 Å². The predicted molar refractivity (Wildman–Crippen MR) is 115 cm³/mol. The SMILES string of the molecule is CN(CCC(c1ccccc1)c1ccccc1O)C12CC3CC(CC(C3)C1)C2. The van der Waals surface area contributed by atoms with Crippen LogP contribution in [0.25, 0.3) is 0 Å². The maximum atomic E-state index is 10.5. The van der Waals surface area contributed by atoms with Crippen LogP contribution in [0.4, 0.5) is 0 Å². The Morgan fingerprint density at radius 2 is 1.46 bits per heavy atom. The van der Waals surface area contributed by atoms with E-state index in [0.29, 0.717) is 11.3 Å². The van der Waals surface area contributed by atoms with Gasteiger partial charge in [0.2, 0.25) is 0 Å². The molecule has 2 aromatic carbocycles. The van der Waals surface area contributed by atoms with Crippen LogP contribution in [-0.2, 0) is 0 Å². The number of phenols is 1. The van der Waals surface area contributed by atoms with E-state index in [1.54, 1.807) is 0 Å². The summed E-state index contributed by atoms with van der Waals surface area (Å²) in [4.78, 5) is 2.72. The van der Waals surface area contributed by atoms with Gasteiger partial charge in [-0.25, -0.2) is 0 Å². The molecule has 0 radical (unpaired) electrons. The van der Waals surface area contributed by atoms with Crippen molar-refractivity contribution in [1.29, 1.82) is 0 Å². The Kier molecular flexibility index (Phi) is 4.71. The molecule has 0 aromatic heterocycles. The molecule has 28 heavy (non-hydrogen) atoms. The first-order chi connectivity index (χ1) is 13.6. The van der Waals surface area contributed by atoms with Gasteiger partial charge in [-0.3, -0.25) is 0 Å². The summed E-state index contributed by atoms with van der Waals surface area (Å²) in [6.07, 6.45) is 9.80. The van der Waals surface area contributed by atoms with E-state index in [2.05, 4.69) is 48.3 Å². The van der Waals surface area contributed by atoms with Gasteiger partial charge in [0.1, 0.15) is 5.75 Å². The molecule has 0 saturated heterocycles. The average molecular weight is 376 g/mol. The third-order valence-corrected chi connectivity index (χ3v) is 8.08. The molecule has 4 saturated carbocycles. The highest BCUT2D eigenvalue weighted by atomic mass is 16.3. The summed E-state index contributed by atoms with van der Waals surface area (Å²) < 4.78 is 0. The van der Waals surface area contributed by atoms with E-state index < -0.39 is 0 Å². The first kappa shape index (κ1) is 18.2. The predicted octanol–water partition coefficient (Wildman–Crippen LogP) is 5.81. The minimum Gasteiger partial charge on any atom is -0.508 e. The summed E-state index contributed by atoms with van der Waals surface area (Å²) in [5.74, 6) is 3.62. The Labute approximate surface area is 169 Å². The van der Waals surface area contributed by atoms with Crippen molar-refractivity contribution in [2.75, 3.05) is 13.6 Å². The number of hydrogen-bond donors (Lipinski definition) is 1. The van der Waals surface area contributed by atoms with Crippen LogP contribution in [-0.4, -0.2) is 29.1 Å². The number of phenolic OH excluding ortho intramolecular Hbond substituents is 1. The molecule has 0 spiro atoms. The molecule has 4 aliphatic carbocycles. The number of rotatable bonds is 6. The van der Waals surface area contributed by atoms with Crippen molar-refractivity contribution >= 4 is 0 Å². The highest BCUT2D eigenvalue weighted by Crippen LogP contribution is 2.57. The highest BCUT2D eigenvalue weighted by Gasteiger charge is 2.52. The summed E-state index contributed by atoms with van der Waals surface area (Å²) in [6.45, 7) is 1.10. The maximum absolute atomic E-state index is 10.5. The van der Waals surface area contributed by atoms with Crippen molar-refractivity contribution in [3.8, 4) is 5.75 Å². The molecule has 2 nitrogen and oxygen atoms in total. The van der Waals surface area contributed by atoms with Gasteiger partial charge in [-0.1, -0.05) is 48.5 Å². The fraction of sp³-hybridized carbons (Fsp3) is 0.538. The molecule has 0 amide bonds. The van der Waals surface area contributed by atoms with Crippen LogP contribution in [0.3, 0.4) is 0 Å². The van der Waals surface area contributed by atoms with Crippen LogP contribution >= 0.6 is 0 Å². The molecular formula is C26H33NO. The molecule has 1 N–H and O–H groups in total. The molecule has 6 rings (SSSR count). The van der Waals surface area contributed by atoms with Crippen molar-refractivity contribution in [3.05, 3.63) is 65.7 Å². The lowest BCUT2D eigenvalue weighted by Gasteiger charge is -2.60. The van der Waals surface area contributed by atoms with Gasteiger partial charge in [0, 0.05) is 17.0 Å². The Balaban J connectivity index is 1.36. The van der Waals surface area contributed by atoms with Crippen LogP contribution in [0.15, 0.2) is 54.6 Å². The minimum absolute atomic E-state index is 0.249. The molecule has 1 atom stereocenters. The van der Waals surface area contributed by atoms with Crippen molar-refractivity contribution in [3.63, 3.8) is 0 Å². The standard InChI is InChI=1S/C26H33NO/c1-27(26-16-19-13-20(17-26)15-21(14-19)18-26)12-11-23(22-7-3-2-4-8-22)24-9-5-6-10-25(24)28/h2-10,19-21,23,28H,11-18H2,1H3. The zero-order valence-electron chi connectivity index (χ0n) is 17.1. The molecule has 4 bridgehead atoms. The third kappa shape index (κ3) is 3.26. The number of para-hydroxylation sites is 1. The lowest BCUT2D eigenvalue weighted by molar-refractivity contribution is -0.0794. The van der Waals surface area contributed by atoms with E-state index in [9.17, 15) is 5.11 Å². The smallest absolute Gasteiger partial charge is 0.119 e. The van der Waals surface area contributed by atoms with Crippen LogP contribution in [0, 0.1) is 17.8 Å². The third-order valence-electron chi connectivity index (χ3n) is 8.08. The molecule has 148 valence electrons. The summed E-state index contributed by atoms with van der Waals surface area (Å²) in [7, 11) is 2.38. The van der Waals surface area contributed by atoms with Crippen LogP contribution in [0.2, 0.25) is 0 Å². The first-order valence-corrected chi connectivity index (χ1v) is 11.2. The molecule has 2 aromatic rings. The monoisotopic (exact) mass is 375 g/mol. The number of benzene rings is 2. The fourth-order valence-corrected chi connectivity index (χ4v) is 7.06. The molecule has 0 aliphatic heterocycles. The van der Waals surface area contributed by atoms with Gasteiger partial charge in [0.05, 0.1) is 0 Å². The molecule has 1 unspecified atom stereocenters. The second-order valence-corrected chi connectivity index (χ2v) is 9.87. The van der Waals surface area contributed by atoms with Gasteiger partial charge >= 0.3 is 0 Å². The Hall–Kier alpha value is -1.80. The van der Waals surface area contributed by atoms with E-state index in [1.807, 2.05) is 18.2 Å². The minimum atomic E-state index is 0.249. The number of aromatic hydroxyl groups is 1. The van der Waals surface area contributed by atoms with Crippen LogP contribution in [0.1, 0.15) is 62.0 Å². The van der Waals surface area contributed by atoms with Gasteiger partial charge in [-0.15, -0.1) is 0 Å². The Morgan fingerprint density at radius 3 is 2.07 bits per heavy atom. The Morgan fingerprint density at radius 1 is 0.893 bits per heavy atom. The summed E-state index contributed by atoms with van der Waals surface area (Å²) in [6, 6.07) is 18.6. The lowest BCUT2D eigenvalue weighted by Crippen LogP contribution is -2.59. The Bertz CT molecular complexity index is 779. The van der Waals surface area contributed by atoms with Gasteiger partial charge in [0.15, 0.2) is 0 Å². The quantitative estimate of drug-likeness (QED) is 0.688. The molecule has 2 heteroatoms. The number of nitrogens with zero attached hydrogens (tertiary/aromatic N) is 1. The largest absolute Gasteiger partial charge is 0.508 e. The highest BCUT2D eigenvalue weighted by molar-refractivity contribution is 5.41. The zero-order valence-corrected chi connectivity index (χ0v) is 17.1. The lowest BCUT2D eigenvalue weighted by atomic mass is 9.52. The molecular weight excluding hydrogens is 342 g/mol. The van der Waals surface area contributed by atoms with Crippen molar-refractivity contribution < 1.29 is 5.11 Å². The summed E-state index contributed by atoms with van der Waals surface area (Å²) >= 11 is 0. The number of hydrogen-bond acceptors (Lipinski definition) is 2. The normalized spacial score (nSPS) is 32.0. The van der Waals surface area contributed by atoms with E-state index in [0.717, 1.165) is 36.3 Å².